The Labute approximate surface area is 132 Å². The second-order valence-corrected chi connectivity index (χ2v) is 5.60. The number of nitrogens with zero attached hydrogens (tertiary/aromatic N) is 1. The van der Waals surface area contributed by atoms with Crippen molar-refractivity contribution in [3.8, 4) is 5.69 Å². The zero-order chi connectivity index (χ0) is 15.9. The van der Waals surface area contributed by atoms with Crippen LogP contribution in [0.1, 0.15) is 10.4 Å². The molecular weight excluding hydrogens is 353 g/mol. The number of carboxylic acid groups (broad SMARTS) is 1. The van der Waals surface area contributed by atoms with Crippen LogP contribution < -0.4 is 5.43 Å². The molecule has 4 nitrogen and oxygen atoms in total. The van der Waals surface area contributed by atoms with Gasteiger partial charge in [0.2, 0.25) is 5.43 Å². The highest BCUT2D eigenvalue weighted by atomic mass is 79.9. The smallest absolute Gasteiger partial charge is 0.341 e. The first kappa shape index (κ1) is 14.5. The van der Waals surface area contributed by atoms with E-state index in [1.807, 2.05) is 0 Å². The number of fused-ring (bicyclic) bond motifs is 1. The molecule has 0 aliphatic carbocycles. The number of rotatable bonds is 2. The van der Waals surface area contributed by atoms with E-state index in [0.717, 1.165) is 4.47 Å². The largest absolute Gasteiger partial charge is 0.477 e. The van der Waals surface area contributed by atoms with E-state index < -0.39 is 17.2 Å². The molecule has 6 heteroatoms. The van der Waals surface area contributed by atoms with E-state index in [1.54, 1.807) is 22.8 Å². The topological polar surface area (TPSA) is 59.3 Å². The predicted molar refractivity (Wildman–Crippen MR) is 84.2 cm³/mol. The summed E-state index contributed by atoms with van der Waals surface area (Å²) >= 11 is 3.33. The van der Waals surface area contributed by atoms with E-state index in [2.05, 4.69) is 15.9 Å². The van der Waals surface area contributed by atoms with Gasteiger partial charge in [-0.15, -0.1) is 0 Å². The number of pyridine rings is 1. The van der Waals surface area contributed by atoms with Gasteiger partial charge in [0.05, 0.1) is 5.52 Å². The van der Waals surface area contributed by atoms with Gasteiger partial charge >= 0.3 is 5.97 Å². The Morgan fingerprint density at radius 1 is 1.14 bits per heavy atom. The van der Waals surface area contributed by atoms with Crippen molar-refractivity contribution < 1.29 is 14.3 Å². The minimum atomic E-state index is -1.30. The molecule has 0 unspecified atom stereocenters. The SMILES string of the molecule is O=C(O)c1cn(-c2ccc(F)cc2)c2cc(Br)ccc2c1=O. The van der Waals surface area contributed by atoms with E-state index >= 15 is 0 Å². The minimum absolute atomic E-state index is 0.285. The van der Waals surface area contributed by atoms with Crippen molar-refractivity contribution in [3.05, 3.63) is 74.7 Å². The highest BCUT2D eigenvalue weighted by Crippen LogP contribution is 2.22. The summed E-state index contributed by atoms with van der Waals surface area (Å²) < 4.78 is 15.4. The Bertz CT molecular complexity index is 948. The number of hydrogen-bond acceptors (Lipinski definition) is 2. The second kappa shape index (κ2) is 5.38. The van der Waals surface area contributed by atoms with Crippen LogP contribution in [0.5, 0.6) is 0 Å². The van der Waals surface area contributed by atoms with Crippen molar-refractivity contribution in [2.75, 3.05) is 0 Å². The van der Waals surface area contributed by atoms with Crippen LogP contribution in [0.2, 0.25) is 0 Å². The molecule has 0 bridgehead atoms. The third-order valence-corrected chi connectivity index (χ3v) is 3.80. The lowest BCUT2D eigenvalue weighted by Gasteiger charge is -2.12. The van der Waals surface area contributed by atoms with Crippen LogP contribution >= 0.6 is 15.9 Å². The van der Waals surface area contributed by atoms with Crippen LogP contribution in [0.3, 0.4) is 0 Å². The van der Waals surface area contributed by atoms with Crippen LogP contribution in [0.15, 0.2) is 57.9 Å². The average Bonchev–Trinajstić information content (AvgIpc) is 2.48. The number of carboxylic acids is 1. The van der Waals surface area contributed by atoms with E-state index in [4.69, 9.17) is 0 Å². The molecule has 0 saturated carbocycles. The minimum Gasteiger partial charge on any atom is -0.477 e. The summed E-state index contributed by atoms with van der Waals surface area (Å²) in [5.41, 5.74) is 0.218. The van der Waals surface area contributed by atoms with Gasteiger partial charge in [-0.25, -0.2) is 9.18 Å². The number of carbonyl (C=O) groups is 1. The molecule has 1 N–H and O–H groups in total. The van der Waals surface area contributed by atoms with E-state index in [-0.39, 0.29) is 10.9 Å². The first-order valence-corrected chi connectivity index (χ1v) is 7.11. The van der Waals surface area contributed by atoms with Crippen LogP contribution in [0, 0.1) is 5.82 Å². The lowest BCUT2D eigenvalue weighted by atomic mass is 10.1. The van der Waals surface area contributed by atoms with Gasteiger partial charge in [0.25, 0.3) is 0 Å². The van der Waals surface area contributed by atoms with Crippen molar-refractivity contribution in [1.29, 1.82) is 0 Å². The quantitative estimate of drug-likeness (QED) is 0.758. The Morgan fingerprint density at radius 2 is 1.82 bits per heavy atom. The van der Waals surface area contributed by atoms with Crippen molar-refractivity contribution in [2.45, 2.75) is 0 Å². The van der Waals surface area contributed by atoms with Crippen LogP contribution in [-0.4, -0.2) is 15.6 Å². The molecule has 110 valence electrons. The van der Waals surface area contributed by atoms with Gasteiger partial charge in [0.1, 0.15) is 11.4 Å². The summed E-state index contributed by atoms with van der Waals surface area (Å²) in [5.74, 6) is -1.69. The summed E-state index contributed by atoms with van der Waals surface area (Å²) in [6.07, 6.45) is 1.26. The second-order valence-electron chi connectivity index (χ2n) is 4.68. The van der Waals surface area contributed by atoms with Crippen molar-refractivity contribution in [3.63, 3.8) is 0 Å². The zero-order valence-electron chi connectivity index (χ0n) is 11.1. The lowest BCUT2D eigenvalue weighted by Crippen LogP contribution is -2.18. The summed E-state index contributed by atoms with van der Waals surface area (Å²) in [5, 5.41) is 9.50. The molecule has 0 fully saturated rings. The maximum Gasteiger partial charge on any atom is 0.341 e. The molecule has 2 aromatic carbocycles. The van der Waals surface area contributed by atoms with Crippen molar-refractivity contribution >= 4 is 32.8 Å². The first-order chi connectivity index (χ1) is 10.5. The highest BCUT2D eigenvalue weighted by molar-refractivity contribution is 9.10. The summed E-state index contributed by atoms with van der Waals surface area (Å²) in [7, 11) is 0. The van der Waals surface area contributed by atoms with E-state index in [9.17, 15) is 19.1 Å². The van der Waals surface area contributed by atoms with Gasteiger partial charge < -0.3 is 9.67 Å². The molecule has 0 atom stereocenters. The first-order valence-electron chi connectivity index (χ1n) is 6.31. The monoisotopic (exact) mass is 361 g/mol. The Hall–Kier alpha value is -2.47. The molecule has 1 aromatic heterocycles. The fraction of sp³-hybridized carbons (Fsp3) is 0. The van der Waals surface area contributed by atoms with Gasteiger partial charge in [0, 0.05) is 21.7 Å². The van der Waals surface area contributed by atoms with Crippen LogP contribution in [0.25, 0.3) is 16.6 Å². The fourth-order valence-electron chi connectivity index (χ4n) is 2.27. The van der Waals surface area contributed by atoms with Gasteiger partial charge in [0.15, 0.2) is 0 Å². The molecule has 0 spiro atoms. The molecule has 0 aliphatic rings. The Balaban J connectivity index is 2.43. The number of aromatic nitrogens is 1. The standard InChI is InChI=1S/C16H9BrFNO3/c17-9-1-6-12-14(7-9)19(8-13(15(12)20)16(21)22)11-4-2-10(18)3-5-11/h1-8H,(H,21,22). The molecule has 0 amide bonds. The van der Waals surface area contributed by atoms with Gasteiger partial charge in [-0.05, 0) is 42.5 Å². The number of benzene rings is 2. The molecule has 0 saturated heterocycles. The van der Waals surface area contributed by atoms with Crippen LogP contribution in [0.4, 0.5) is 4.39 Å². The Morgan fingerprint density at radius 3 is 2.45 bits per heavy atom. The lowest BCUT2D eigenvalue weighted by molar-refractivity contribution is 0.0695. The third kappa shape index (κ3) is 2.42. The molecule has 3 rings (SSSR count). The summed E-state index contributed by atoms with van der Waals surface area (Å²) in [6.45, 7) is 0. The highest BCUT2D eigenvalue weighted by Gasteiger charge is 2.15. The van der Waals surface area contributed by atoms with E-state index in [1.165, 1.54) is 30.5 Å². The molecule has 3 aromatic rings. The van der Waals surface area contributed by atoms with Crippen molar-refractivity contribution in [1.82, 2.24) is 4.57 Å². The molecular formula is C16H9BrFNO3. The zero-order valence-corrected chi connectivity index (χ0v) is 12.7. The van der Waals surface area contributed by atoms with Gasteiger partial charge in [-0.2, -0.15) is 0 Å². The summed E-state index contributed by atoms with van der Waals surface area (Å²) in [6, 6.07) is 10.5. The Kier molecular flexibility index (Phi) is 3.54. The maximum absolute atomic E-state index is 13.1. The molecule has 0 aliphatic heterocycles. The summed E-state index contributed by atoms with van der Waals surface area (Å²) in [4.78, 5) is 23.5. The fourth-order valence-corrected chi connectivity index (χ4v) is 2.62. The molecule has 22 heavy (non-hydrogen) atoms. The number of halogens is 2. The maximum atomic E-state index is 13.1. The molecule has 0 radical (unpaired) electrons. The predicted octanol–water partition coefficient (Wildman–Crippen LogP) is 3.59. The van der Waals surface area contributed by atoms with Gasteiger partial charge in [-0.3, -0.25) is 4.79 Å². The van der Waals surface area contributed by atoms with E-state index in [0.29, 0.717) is 11.2 Å². The molecule has 1 heterocycles. The number of aromatic carboxylic acids is 1. The average molecular weight is 362 g/mol. The van der Waals surface area contributed by atoms with Crippen molar-refractivity contribution in [2.24, 2.45) is 0 Å². The number of hydrogen-bond donors (Lipinski definition) is 1. The van der Waals surface area contributed by atoms with Gasteiger partial charge in [-0.1, -0.05) is 15.9 Å². The van der Waals surface area contributed by atoms with Crippen LogP contribution in [-0.2, 0) is 0 Å². The third-order valence-electron chi connectivity index (χ3n) is 3.30. The normalized spacial score (nSPS) is 10.8.